The molecule has 0 aromatic rings. The van der Waals surface area contributed by atoms with Crippen molar-refractivity contribution in [2.24, 2.45) is 0 Å². The third-order valence-electron chi connectivity index (χ3n) is 3.64. The molecule has 0 unspecified atom stereocenters. The van der Waals surface area contributed by atoms with Gasteiger partial charge < -0.3 is 0 Å². The van der Waals surface area contributed by atoms with Gasteiger partial charge in [-0.3, -0.25) is 0 Å². The molecular weight excluding hydrogens is 192 g/mol. The van der Waals surface area contributed by atoms with E-state index in [1.165, 1.54) is 88.2 Å². The summed E-state index contributed by atoms with van der Waals surface area (Å²) in [5.74, 6) is 0. The molecule has 1 fully saturated rings. The molecule has 0 radical (unpaired) electrons. The van der Waals surface area contributed by atoms with Crippen molar-refractivity contribution in [3.63, 3.8) is 0 Å². The first-order chi connectivity index (χ1) is 7.79. The maximum Gasteiger partial charge on any atom is -0.0286 e. The molecule has 0 atom stereocenters. The topological polar surface area (TPSA) is 0 Å². The van der Waals surface area contributed by atoms with E-state index < -0.39 is 0 Å². The van der Waals surface area contributed by atoms with Gasteiger partial charge in [0.1, 0.15) is 0 Å². The summed E-state index contributed by atoms with van der Waals surface area (Å²) in [5.41, 5.74) is 2.89. The molecule has 0 aromatic heterocycles. The van der Waals surface area contributed by atoms with E-state index in [-0.39, 0.29) is 0 Å². The highest BCUT2D eigenvalue weighted by molar-refractivity contribution is 5.02. The van der Waals surface area contributed by atoms with E-state index in [9.17, 15) is 0 Å². The minimum absolute atomic E-state index is 1.18. The summed E-state index contributed by atoms with van der Waals surface area (Å²) in [6.07, 6.45) is 16.1. The van der Waals surface area contributed by atoms with Gasteiger partial charge in [-0.15, -0.1) is 0 Å². The largest absolute Gasteiger partial charge is 0.0999 e. The van der Waals surface area contributed by atoms with Crippen LogP contribution >= 0.6 is 0 Å². The summed E-state index contributed by atoms with van der Waals surface area (Å²) in [4.78, 5) is 0. The number of rotatable bonds is 0. The van der Waals surface area contributed by atoms with Crippen LogP contribution in [-0.2, 0) is 0 Å². The molecule has 0 aromatic carbocycles. The van der Waals surface area contributed by atoms with Gasteiger partial charge in [0.05, 0.1) is 0 Å². The first kappa shape index (κ1) is 13.5. The Labute approximate surface area is 102 Å². The van der Waals surface area contributed by atoms with E-state index in [4.69, 9.17) is 0 Å². The molecule has 0 saturated heterocycles. The average Bonchev–Trinajstić information content (AvgIpc) is 2.28. The van der Waals surface area contributed by atoms with E-state index in [0.29, 0.717) is 0 Å². The van der Waals surface area contributed by atoms with Crippen molar-refractivity contribution in [3.05, 3.63) is 24.3 Å². The van der Waals surface area contributed by atoms with E-state index in [0.717, 1.165) is 0 Å². The van der Waals surface area contributed by atoms with E-state index >= 15 is 0 Å². The van der Waals surface area contributed by atoms with Crippen molar-refractivity contribution < 1.29 is 0 Å². The zero-order chi connectivity index (χ0) is 11.6. The van der Waals surface area contributed by atoms with Gasteiger partial charge in [0, 0.05) is 0 Å². The first-order valence-electron chi connectivity index (χ1n) is 7.12. The fraction of sp³-hybridized carbons (Fsp3) is 0.750. The standard InChI is InChI=1S/C16H28/c1-15-11-9-7-5-3-4-6-8-10-12-16(2)14-13-15/h1-14H2. The van der Waals surface area contributed by atoms with Crippen LogP contribution in [0.25, 0.3) is 0 Å². The Morgan fingerprint density at radius 1 is 0.438 bits per heavy atom. The van der Waals surface area contributed by atoms with Gasteiger partial charge >= 0.3 is 0 Å². The maximum absolute atomic E-state index is 4.18. The van der Waals surface area contributed by atoms with E-state index in [1.54, 1.807) is 0 Å². The van der Waals surface area contributed by atoms with E-state index in [2.05, 4.69) is 13.2 Å². The van der Waals surface area contributed by atoms with Gasteiger partial charge in [-0.2, -0.15) is 0 Å². The molecule has 16 heavy (non-hydrogen) atoms. The molecule has 0 bridgehead atoms. The molecule has 0 spiro atoms. The summed E-state index contributed by atoms with van der Waals surface area (Å²) in [5, 5.41) is 0. The summed E-state index contributed by atoms with van der Waals surface area (Å²) in [6.45, 7) is 8.35. The molecule has 0 amide bonds. The highest BCUT2D eigenvalue weighted by atomic mass is 14.1. The van der Waals surface area contributed by atoms with Crippen LogP contribution in [0.1, 0.15) is 77.0 Å². The van der Waals surface area contributed by atoms with Crippen LogP contribution in [0.4, 0.5) is 0 Å². The lowest BCUT2D eigenvalue weighted by Gasteiger charge is -2.10. The zero-order valence-electron chi connectivity index (χ0n) is 10.9. The Bertz CT molecular complexity index is 188. The van der Waals surface area contributed by atoms with Crippen LogP contribution in [-0.4, -0.2) is 0 Å². The van der Waals surface area contributed by atoms with Crippen molar-refractivity contribution in [2.45, 2.75) is 77.0 Å². The van der Waals surface area contributed by atoms with Crippen molar-refractivity contribution in [3.8, 4) is 0 Å². The second-order valence-corrected chi connectivity index (χ2v) is 5.33. The predicted octanol–water partition coefficient (Wildman–Crippen LogP) is 5.79. The number of hydrogen-bond donors (Lipinski definition) is 0. The Morgan fingerprint density at radius 2 is 0.750 bits per heavy atom. The van der Waals surface area contributed by atoms with Crippen molar-refractivity contribution in [2.75, 3.05) is 0 Å². The molecule has 0 heterocycles. The van der Waals surface area contributed by atoms with Gasteiger partial charge in [-0.05, 0) is 38.5 Å². The van der Waals surface area contributed by atoms with Gasteiger partial charge in [0.25, 0.3) is 0 Å². The minimum Gasteiger partial charge on any atom is -0.0999 e. The Hall–Kier alpha value is -0.520. The normalized spacial score (nSPS) is 22.8. The Morgan fingerprint density at radius 3 is 1.12 bits per heavy atom. The summed E-state index contributed by atoms with van der Waals surface area (Å²) >= 11 is 0. The molecule has 1 rings (SSSR count). The lowest BCUT2D eigenvalue weighted by atomic mass is 9.97. The SMILES string of the molecule is C=C1CCCCCCCCCCC(=C)CC1. The van der Waals surface area contributed by atoms with Crippen molar-refractivity contribution in [1.29, 1.82) is 0 Å². The summed E-state index contributed by atoms with van der Waals surface area (Å²) in [6, 6.07) is 0. The maximum atomic E-state index is 4.18. The lowest BCUT2D eigenvalue weighted by Crippen LogP contribution is -1.90. The molecule has 1 aliphatic carbocycles. The van der Waals surface area contributed by atoms with Crippen LogP contribution < -0.4 is 0 Å². The zero-order valence-corrected chi connectivity index (χ0v) is 10.9. The quantitative estimate of drug-likeness (QED) is 0.453. The molecule has 0 N–H and O–H groups in total. The third kappa shape index (κ3) is 6.87. The van der Waals surface area contributed by atoms with Gasteiger partial charge in [-0.1, -0.05) is 62.8 Å². The second-order valence-electron chi connectivity index (χ2n) is 5.33. The van der Waals surface area contributed by atoms with Crippen molar-refractivity contribution >= 4 is 0 Å². The fourth-order valence-corrected chi connectivity index (χ4v) is 2.41. The minimum atomic E-state index is 1.18. The lowest BCUT2D eigenvalue weighted by molar-refractivity contribution is 0.558. The number of allylic oxidation sites excluding steroid dienone is 2. The van der Waals surface area contributed by atoms with Crippen molar-refractivity contribution in [1.82, 2.24) is 0 Å². The second kappa shape index (κ2) is 8.61. The smallest absolute Gasteiger partial charge is 0.0286 e. The van der Waals surface area contributed by atoms with Gasteiger partial charge in [-0.25, -0.2) is 0 Å². The fourth-order valence-electron chi connectivity index (χ4n) is 2.41. The molecular formula is C16H28. The van der Waals surface area contributed by atoms with Crippen LogP contribution in [0, 0.1) is 0 Å². The Kier molecular flexibility index (Phi) is 7.29. The summed E-state index contributed by atoms with van der Waals surface area (Å²) < 4.78 is 0. The molecule has 0 nitrogen and oxygen atoms in total. The molecule has 92 valence electrons. The highest BCUT2D eigenvalue weighted by Crippen LogP contribution is 2.20. The van der Waals surface area contributed by atoms with Crippen LogP contribution in [0.15, 0.2) is 24.3 Å². The number of hydrogen-bond acceptors (Lipinski definition) is 0. The van der Waals surface area contributed by atoms with Crippen LogP contribution in [0.2, 0.25) is 0 Å². The van der Waals surface area contributed by atoms with E-state index in [1.807, 2.05) is 0 Å². The Balaban J connectivity index is 2.25. The van der Waals surface area contributed by atoms with Crippen LogP contribution in [0.5, 0.6) is 0 Å². The molecule has 0 heteroatoms. The monoisotopic (exact) mass is 220 g/mol. The molecule has 0 aliphatic heterocycles. The molecule has 1 aliphatic rings. The average molecular weight is 220 g/mol. The molecule has 1 saturated carbocycles. The third-order valence-corrected chi connectivity index (χ3v) is 3.64. The highest BCUT2D eigenvalue weighted by Gasteiger charge is 2.01. The van der Waals surface area contributed by atoms with Crippen LogP contribution in [0.3, 0.4) is 0 Å². The first-order valence-corrected chi connectivity index (χ1v) is 7.12. The van der Waals surface area contributed by atoms with Gasteiger partial charge in [0.2, 0.25) is 0 Å². The summed E-state index contributed by atoms with van der Waals surface area (Å²) in [7, 11) is 0. The predicted molar refractivity (Wildman–Crippen MR) is 73.7 cm³/mol. The van der Waals surface area contributed by atoms with Gasteiger partial charge in [0.15, 0.2) is 0 Å².